The Morgan fingerprint density at radius 2 is 1.85 bits per heavy atom. The van der Waals surface area contributed by atoms with E-state index in [-0.39, 0.29) is 12.3 Å². The van der Waals surface area contributed by atoms with E-state index in [9.17, 15) is 14.4 Å². The fourth-order valence-corrected chi connectivity index (χ4v) is 2.67. The summed E-state index contributed by atoms with van der Waals surface area (Å²) in [4.78, 5) is 36.9. The summed E-state index contributed by atoms with van der Waals surface area (Å²) in [5.41, 5.74) is -0.710. The average molecular weight is 350 g/mol. The predicted molar refractivity (Wildman–Crippen MR) is 75.5 cm³/mol. The van der Waals surface area contributed by atoms with Crippen LogP contribution in [0.2, 0.25) is 0 Å². The van der Waals surface area contributed by atoms with Gasteiger partial charge in [-0.1, -0.05) is 15.9 Å². The molecule has 0 aromatic heterocycles. The fourth-order valence-electron chi connectivity index (χ4n) is 2.07. The van der Waals surface area contributed by atoms with Gasteiger partial charge in [0.2, 0.25) is 5.91 Å². The first-order valence-electron chi connectivity index (χ1n) is 6.33. The van der Waals surface area contributed by atoms with E-state index in [0.717, 1.165) is 4.90 Å². The molecule has 7 heteroatoms. The van der Waals surface area contributed by atoms with Crippen LogP contribution < -0.4 is 0 Å². The van der Waals surface area contributed by atoms with Crippen LogP contribution in [0, 0.1) is 0 Å². The van der Waals surface area contributed by atoms with Gasteiger partial charge in [0, 0.05) is 6.42 Å². The number of imide groups is 1. The molecule has 0 spiro atoms. The lowest BCUT2D eigenvalue weighted by atomic mass is 9.99. The molecule has 1 saturated heterocycles. The lowest BCUT2D eigenvalue weighted by molar-refractivity contribution is -0.144. The molecule has 1 fully saturated rings. The number of halogens is 1. The minimum Gasteiger partial charge on any atom is -0.468 e. The van der Waals surface area contributed by atoms with E-state index in [4.69, 9.17) is 9.47 Å². The summed E-state index contributed by atoms with van der Waals surface area (Å²) < 4.78 is 8.79. The summed E-state index contributed by atoms with van der Waals surface area (Å²) in [5, 5.41) is 0. The third kappa shape index (κ3) is 3.50. The maximum Gasteiger partial charge on any atom is 0.417 e. The number of nitrogens with zero attached hydrogens (tertiary/aromatic N) is 1. The molecule has 20 heavy (non-hydrogen) atoms. The van der Waals surface area contributed by atoms with Crippen LogP contribution in [-0.4, -0.2) is 45.9 Å². The van der Waals surface area contributed by atoms with Crippen molar-refractivity contribution in [1.82, 2.24) is 4.90 Å². The molecule has 1 heterocycles. The summed E-state index contributed by atoms with van der Waals surface area (Å²) in [5.74, 6) is -0.885. The molecule has 2 amide bonds. The Morgan fingerprint density at radius 1 is 1.30 bits per heavy atom. The second-order valence-corrected chi connectivity index (χ2v) is 7.51. The summed E-state index contributed by atoms with van der Waals surface area (Å²) in [6.07, 6.45) is -0.156. The lowest BCUT2D eigenvalue weighted by Gasteiger charge is -2.33. The molecule has 114 valence electrons. The summed E-state index contributed by atoms with van der Waals surface area (Å²) >= 11 is 3.27. The highest BCUT2D eigenvalue weighted by Crippen LogP contribution is 2.36. The smallest absolute Gasteiger partial charge is 0.417 e. The highest BCUT2D eigenvalue weighted by Gasteiger charge is 2.51. The number of likely N-dealkylation sites (tertiary alicyclic amines) is 1. The molecule has 0 aliphatic carbocycles. The van der Waals surface area contributed by atoms with Gasteiger partial charge >= 0.3 is 12.1 Å². The van der Waals surface area contributed by atoms with Gasteiger partial charge in [0.25, 0.3) is 0 Å². The second kappa shape index (κ2) is 5.71. The normalized spacial score (nSPS) is 22.4. The molecule has 1 rings (SSSR count). The Labute approximate surface area is 126 Å². The molecule has 6 nitrogen and oxygen atoms in total. The molecule has 0 saturated carbocycles. The maximum absolute atomic E-state index is 12.1. The number of hydrogen-bond donors (Lipinski definition) is 0. The lowest BCUT2D eigenvalue weighted by Crippen LogP contribution is -2.53. The topological polar surface area (TPSA) is 72.9 Å². The fraction of sp³-hybridized carbons (Fsp3) is 0.769. The largest absolute Gasteiger partial charge is 0.468 e. The Morgan fingerprint density at radius 3 is 2.30 bits per heavy atom. The third-order valence-electron chi connectivity index (χ3n) is 3.01. The zero-order valence-electron chi connectivity index (χ0n) is 12.4. The van der Waals surface area contributed by atoms with Crippen LogP contribution >= 0.6 is 15.9 Å². The van der Waals surface area contributed by atoms with Crippen LogP contribution in [0.25, 0.3) is 0 Å². The Bertz CT molecular complexity index is 427. The summed E-state index contributed by atoms with van der Waals surface area (Å²) in [7, 11) is 1.26. The highest BCUT2D eigenvalue weighted by atomic mass is 79.9. The third-order valence-corrected chi connectivity index (χ3v) is 3.86. The Kier molecular flexibility index (Phi) is 4.84. The molecule has 1 aliphatic heterocycles. The van der Waals surface area contributed by atoms with E-state index in [1.165, 1.54) is 7.11 Å². The maximum atomic E-state index is 12.1. The van der Waals surface area contributed by atoms with Crippen LogP contribution in [0.5, 0.6) is 0 Å². The van der Waals surface area contributed by atoms with Crippen LogP contribution in [0.15, 0.2) is 0 Å². The van der Waals surface area contributed by atoms with Crippen molar-refractivity contribution < 1.29 is 23.9 Å². The van der Waals surface area contributed by atoms with Crippen molar-refractivity contribution in [1.29, 1.82) is 0 Å². The van der Waals surface area contributed by atoms with Crippen molar-refractivity contribution in [2.45, 2.75) is 56.5 Å². The number of carbonyl (C=O) groups is 3. The van der Waals surface area contributed by atoms with Gasteiger partial charge < -0.3 is 9.47 Å². The van der Waals surface area contributed by atoms with Crippen LogP contribution in [0.3, 0.4) is 0 Å². The van der Waals surface area contributed by atoms with E-state index in [0.29, 0.717) is 6.42 Å². The predicted octanol–water partition coefficient (Wildman–Crippen LogP) is 2.24. The molecule has 1 unspecified atom stereocenters. The van der Waals surface area contributed by atoms with Crippen molar-refractivity contribution in [2.24, 2.45) is 0 Å². The zero-order valence-corrected chi connectivity index (χ0v) is 13.9. The molecular weight excluding hydrogens is 330 g/mol. The SMILES string of the molecule is COC(=O)C(C)(Br)[C@@H]1CCC(=O)N1C(=O)OC(C)(C)C. The van der Waals surface area contributed by atoms with Crippen molar-refractivity contribution in [3.05, 3.63) is 0 Å². The van der Waals surface area contributed by atoms with Gasteiger partial charge in [0.1, 0.15) is 9.93 Å². The number of hydrogen-bond acceptors (Lipinski definition) is 5. The van der Waals surface area contributed by atoms with Gasteiger partial charge in [-0.05, 0) is 34.1 Å². The summed E-state index contributed by atoms with van der Waals surface area (Å²) in [6.45, 7) is 6.73. The van der Waals surface area contributed by atoms with Crippen molar-refractivity contribution in [3.8, 4) is 0 Å². The quantitative estimate of drug-likeness (QED) is 0.564. The van der Waals surface area contributed by atoms with Gasteiger partial charge in [-0.15, -0.1) is 0 Å². The minimum atomic E-state index is -1.15. The standard InChI is InChI=1S/C13H20BrNO5/c1-12(2,3)20-11(18)15-8(6-7-9(15)16)13(4,14)10(17)19-5/h8H,6-7H2,1-5H3/t8-,13?/m0/s1. The highest BCUT2D eigenvalue weighted by molar-refractivity contribution is 9.10. The monoisotopic (exact) mass is 349 g/mol. The molecule has 1 aliphatic rings. The van der Waals surface area contributed by atoms with E-state index in [1.54, 1.807) is 27.7 Å². The van der Waals surface area contributed by atoms with Gasteiger partial charge in [-0.3, -0.25) is 9.59 Å². The number of methoxy groups -OCH3 is 1. The number of rotatable bonds is 2. The van der Waals surface area contributed by atoms with Gasteiger partial charge in [0.15, 0.2) is 0 Å². The average Bonchev–Trinajstić information content (AvgIpc) is 2.68. The first-order chi connectivity index (χ1) is 9.00. The van der Waals surface area contributed by atoms with E-state index in [1.807, 2.05) is 0 Å². The van der Waals surface area contributed by atoms with E-state index < -0.39 is 28.0 Å². The molecular formula is C13H20BrNO5. The number of ether oxygens (including phenoxy) is 2. The van der Waals surface area contributed by atoms with Crippen molar-refractivity contribution in [2.75, 3.05) is 7.11 Å². The Balaban J connectivity index is 3.00. The molecule has 0 aromatic rings. The van der Waals surface area contributed by atoms with Crippen LogP contribution in [-0.2, 0) is 19.1 Å². The Hall–Kier alpha value is -1.11. The van der Waals surface area contributed by atoms with E-state index >= 15 is 0 Å². The zero-order chi connectivity index (χ0) is 15.7. The minimum absolute atomic E-state index is 0.197. The van der Waals surface area contributed by atoms with Gasteiger partial charge in [0.05, 0.1) is 13.2 Å². The number of esters is 1. The number of carbonyl (C=O) groups excluding carboxylic acids is 3. The molecule has 2 atom stereocenters. The molecule has 0 bridgehead atoms. The van der Waals surface area contributed by atoms with Gasteiger partial charge in [-0.25, -0.2) is 9.69 Å². The second-order valence-electron chi connectivity index (χ2n) is 5.87. The molecule has 0 N–H and O–H groups in total. The van der Waals surface area contributed by atoms with E-state index in [2.05, 4.69) is 15.9 Å². The number of amides is 2. The molecule has 0 radical (unpaired) electrons. The van der Waals surface area contributed by atoms with Crippen molar-refractivity contribution in [3.63, 3.8) is 0 Å². The molecule has 0 aromatic carbocycles. The number of alkyl halides is 1. The first-order valence-corrected chi connectivity index (χ1v) is 7.12. The van der Waals surface area contributed by atoms with Crippen LogP contribution in [0.4, 0.5) is 4.79 Å². The van der Waals surface area contributed by atoms with Crippen molar-refractivity contribution >= 4 is 33.9 Å². The van der Waals surface area contributed by atoms with Crippen LogP contribution in [0.1, 0.15) is 40.5 Å². The van der Waals surface area contributed by atoms with Gasteiger partial charge in [-0.2, -0.15) is 0 Å². The first kappa shape index (κ1) is 16.9. The summed E-state index contributed by atoms with van der Waals surface area (Å²) in [6, 6.07) is -0.628.